The van der Waals surface area contributed by atoms with Gasteiger partial charge in [-0.1, -0.05) is 23.2 Å². The van der Waals surface area contributed by atoms with Crippen LogP contribution in [0.3, 0.4) is 0 Å². The lowest BCUT2D eigenvalue weighted by Crippen LogP contribution is -2.19. The largest absolute Gasteiger partial charge is 0.324 e. The summed E-state index contributed by atoms with van der Waals surface area (Å²) in [4.78, 5) is 24.5. The van der Waals surface area contributed by atoms with E-state index in [1.165, 1.54) is 17.8 Å². The number of rotatable bonds is 3. The SMILES string of the molecule is O=C(/C=C/c1cc(Cl)ccc1Cl)Nc1ccc2c(c1)NC(=O)CS2. The van der Waals surface area contributed by atoms with Gasteiger partial charge in [0.2, 0.25) is 11.8 Å². The van der Waals surface area contributed by atoms with E-state index in [0.29, 0.717) is 32.7 Å². The third-order valence-electron chi connectivity index (χ3n) is 3.25. The predicted octanol–water partition coefficient (Wildman–Crippen LogP) is 4.69. The quantitative estimate of drug-likeness (QED) is 0.761. The maximum atomic E-state index is 12.0. The highest BCUT2D eigenvalue weighted by atomic mass is 35.5. The van der Waals surface area contributed by atoms with Crippen molar-refractivity contribution >= 4 is 64.2 Å². The summed E-state index contributed by atoms with van der Waals surface area (Å²) < 4.78 is 0. The van der Waals surface area contributed by atoms with Gasteiger partial charge in [-0.3, -0.25) is 9.59 Å². The minimum absolute atomic E-state index is 0.0496. The number of hydrogen-bond acceptors (Lipinski definition) is 3. The summed E-state index contributed by atoms with van der Waals surface area (Å²) in [7, 11) is 0. The van der Waals surface area contributed by atoms with E-state index in [9.17, 15) is 9.59 Å². The van der Waals surface area contributed by atoms with Crippen molar-refractivity contribution in [3.63, 3.8) is 0 Å². The first-order valence-electron chi connectivity index (χ1n) is 7.02. The van der Waals surface area contributed by atoms with Crippen molar-refractivity contribution in [2.75, 3.05) is 16.4 Å². The van der Waals surface area contributed by atoms with Gasteiger partial charge in [0.15, 0.2) is 0 Å². The Bertz CT molecular complexity index is 852. The van der Waals surface area contributed by atoms with E-state index in [1.807, 2.05) is 6.07 Å². The van der Waals surface area contributed by atoms with Gasteiger partial charge in [-0.2, -0.15) is 0 Å². The van der Waals surface area contributed by atoms with Crippen LogP contribution >= 0.6 is 35.0 Å². The molecule has 0 unspecified atom stereocenters. The number of fused-ring (bicyclic) bond motifs is 1. The molecule has 2 aromatic carbocycles. The van der Waals surface area contributed by atoms with Gasteiger partial charge in [0.05, 0.1) is 11.4 Å². The Kier molecular flexibility index (Phi) is 5.14. The summed E-state index contributed by atoms with van der Waals surface area (Å²) in [6.45, 7) is 0. The molecule has 0 spiro atoms. The fraction of sp³-hybridized carbons (Fsp3) is 0.0588. The molecular weight excluding hydrogens is 367 g/mol. The lowest BCUT2D eigenvalue weighted by Gasteiger charge is -2.17. The van der Waals surface area contributed by atoms with E-state index >= 15 is 0 Å². The van der Waals surface area contributed by atoms with Crippen molar-refractivity contribution < 1.29 is 9.59 Å². The van der Waals surface area contributed by atoms with E-state index < -0.39 is 0 Å². The van der Waals surface area contributed by atoms with Crippen LogP contribution in [0, 0.1) is 0 Å². The van der Waals surface area contributed by atoms with E-state index in [1.54, 1.807) is 36.4 Å². The molecule has 0 aromatic heterocycles. The van der Waals surface area contributed by atoms with Crippen molar-refractivity contribution in [1.82, 2.24) is 0 Å². The highest BCUT2D eigenvalue weighted by molar-refractivity contribution is 8.00. The second-order valence-corrected chi connectivity index (χ2v) is 6.90. The van der Waals surface area contributed by atoms with Gasteiger partial charge < -0.3 is 10.6 Å². The number of hydrogen-bond donors (Lipinski definition) is 2. The summed E-state index contributed by atoms with van der Waals surface area (Å²) in [5.41, 5.74) is 1.97. The third-order valence-corrected chi connectivity index (χ3v) is 4.91. The first kappa shape index (κ1) is 16.9. The molecule has 0 radical (unpaired) electrons. The number of carbonyl (C=O) groups excluding carboxylic acids is 2. The van der Waals surface area contributed by atoms with Crippen LogP contribution in [0.25, 0.3) is 6.08 Å². The second-order valence-electron chi connectivity index (χ2n) is 5.04. The number of thioether (sulfide) groups is 1. The minimum Gasteiger partial charge on any atom is -0.324 e. The summed E-state index contributed by atoms with van der Waals surface area (Å²) >= 11 is 13.4. The van der Waals surface area contributed by atoms with Crippen LogP contribution < -0.4 is 10.6 Å². The Hall–Kier alpha value is -1.95. The molecule has 2 amide bonds. The molecule has 0 saturated heterocycles. The van der Waals surface area contributed by atoms with Gasteiger partial charge in [0.25, 0.3) is 0 Å². The third kappa shape index (κ3) is 4.12. The Morgan fingerprint density at radius 3 is 2.88 bits per heavy atom. The molecular formula is C17H12Cl2N2O2S. The fourth-order valence-corrected chi connectivity index (χ4v) is 3.30. The first-order valence-corrected chi connectivity index (χ1v) is 8.76. The molecule has 3 rings (SSSR count). The number of amides is 2. The Balaban J connectivity index is 1.71. The number of carbonyl (C=O) groups is 2. The van der Waals surface area contributed by atoms with Crippen molar-refractivity contribution in [2.45, 2.75) is 4.90 Å². The number of halogens is 2. The van der Waals surface area contributed by atoms with Crippen LogP contribution in [0.2, 0.25) is 10.0 Å². The number of anilines is 2. The van der Waals surface area contributed by atoms with Crippen LogP contribution in [-0.2, 0) is 9.59 Å². The molecule has 0 saturated carbocycles. The van der Waals surface area contributed by atoms with Gasteiger partial charge in [0.1, 0.15) is 0 Å². The summed E-state index contributed by atoms with van der Waals surface area (Å²) in [5.74, 6) is 0.0502. The van der Waals surface area contributed by atoms with Crippen molar-refractivity contribution in [3.05, 3.63) is 58.1 Å². The topological polar surface area (TPSA) is 58.2 Å². The average molecular weight is 379 g/mol. The van der Waals surface area contributed by atoms with Crippen molar-refractivity contribution in [1.29, 1.82) is 0 Å². The standard InChI is InChI=1S/C17H12Cl2N2O2S/c18-11-2-4-13(19)10(7-11)1-6-16(22)20-12-3-5-15-14(8-12)21-17(23)9-24-15/h1-8H,9H2,(H,20,22)(H,21,23)/b6-1+. The van der Waals surface area contributed by atoms with Gasteiger partial charge in [0, 0.05) is 26.7 Å². The van der Waals surface area contributed by atoms with Crippen LogP contribution in [0.4, 0.5) is 11.4 Å². The maximum absolute atomic E-state index is 12.0. The first-order chi connectivity index (χ1) is 11.5. The molecule has 1 aliphatic rings. The highest BCUT2D eigenvalue weighted by Gasteiger charge is 2.15. The Labute approximate surface area is 153 Å². The molecule has 0 atom stereocenters. The van der Waals surface area contributed by atoms with Crippen molar-refractivity contribution in [2.24, 2.45) is 0 Å². The van der Waals surface area contributed by atoms with Gasteiger partial charge in [-0.15, -0.1) is 11.8 Å². The smallest absolute Gasteiger partial charge is 0.248 e. The zero-order valence-corrected chi connectivity index (χ0v) is 14.6. The normalized spacial score (nSPS) is 13.5. The second kappa shape index (κ2) is 7.30. The van der Waals surface area contributed by atoms with E-state index in [0.717, 1.165) is 4.90 Å². The summed E-state index contributed by atoms with van der Waals surface area (Å²) in [6.07, 6.45) is 2.98. The average Bonchev–Trinajstić information content (AvgIpc) is 2.55. The van der Waals surface area contributed by atoms with Crippen LogP contribution in [0.5, 0.6) is 0 Å². The summed E-state index contributed by atoms with van der Waals surface area (Å²) in [6, 6.07) is 10.4. The molecule has 0 aliphatic carbocycles. The lowest BCUT2D eigenvalue weighted by atomic mass is 10.2. The van der Waals surface area contributed by atoms with Crippen LogP contribution in [0.1, 0.15) is 5.56 Å². The molecule has 1 heterocycles. The van der Waals surface area contributed by atoms with Gasteiger partial charge >= 0.3 is 0 Å². The minimum atomic E-state index is -0.305. The predicted molar refractivity (Wildman–Crippen MR) is 99.9 cm³/mol. The van der Waals surface area contributed by atoms with E-state index in [-0.39, 0.29) is 11.8 Å². The molecule has 2 N–H and O–H groups in total. The Morgan fingerprint density at radius 2 is 2.04 bits per heavy atom. The fourth-order valence-electron chi connectivity index (χ4n) is 2.15. The summed E-state index contributed by atoms with van der Waals surface area (Å²) in [5, 5.41) is 6.59. The maximum Gasteiger partial charge on any atom is 0.248 e. The zero-order valence-electron chi connectivity index (χ0n) is 12.3. The van der Waals surface area contributed by atoms with E-state index in [2.05, 4.69) is 10.6 Å². The molecule has 4 nitrogen and oxygen atoms in total. The molecule has 7 heteroatoms. The Morgan fingerprint density at radius 1 is 1.21 bits per heavy atom. The highest BCUT2D eigenvalue weighted by Crippen LogP contribution is 2.33. The van der Waals surface area contributed by atoms with Crippen LogP contribution in [-0.4, -0.2) is 17.6 Å². The van der Waals surface area contributed by atoms with E-state index in [4.69, 9.17) is 23.2 Å². The lowest BCUT2D eigenvalue weighted by molar-refractivity contribution is -0.114. The molecule has 24 heavy (non-hydrogen) atoms. The number of benzene rings is 2. The molecule has 2 aromatic rings. The van der Waals surface area contributed by atoms with Gasteiger partial charge in [-0.05, 0) is 48.0 Å². The molecule has 0 bridgehead atoms. The molecule has 1 aliphatic heterocycles. The molecule has 0 fully saturated rings. The number of nitrogens with one attached hydrogen (secondary N) is 2. The van der Waals surface area contributed by atoms with Crippen molar-refractivity contribution in [3.8, 4) is 0 Å². The van der Waals surface area contributed by atoms with Crippen LogP contribution in [0.15, 0.2) is 47.4 Å². The zero-order chi connectivity index (χ0) is 17.1. The van der Waals surface area contributed by atoms with Gasteiger partial charge in [-0.25, -0.2) is 0 Å². The molecule has 122 valence electrons. The monoisotopic (exact) mass is 378 g/mol.